The molecule has 3 atom stereocenters. The van der Waals surface area contributed by atoms with E-state index in [-0.39, 0.29) is 6.54 Å². The number of nitrogens with one attached hydrogen (secondary N) is 1. The van der Waals surface area contributed by atoms with E-state index in [9.17, 15) is 8.42 Å². The molecule has 0 radical (unpaired) electrons. The number of hydrogen-bond donors (Lipinski definition) is 2. The van der Waals surface area contributed by atoms with Gasteiger partial charge in [-0.3, -0.25) is 0 Å². The van der Waals surface area contributed by atoms with Crippen molar-refractivity contribution in [2.45, 2.75) is 44.8 Å². The van der Waals surface area contributed by atoms with Gasteiger partial charge < -0.3 is 5.73 Å². The van der Waals surface area contributed by atoms with Gasteiger partial charge in [0.1, 0.15) is 0 Å². The Labute approximate surface area is 99.0 Å². The van der Waals surface area contributed by atoms with Gasteiger partial charge in [0, 0.05) is 13.1 Å². The number of nitrogens with two attached hydrogens (primary N) is 1. The van der Waals surface area contributed by atoms with Crippen LogP contribution in [0.3, 0.4) is 0 Å². The lowest BCUT2D eigenvalue weighted by Crippen LogP contribution is -2.39. The fraction of sp³-hybridized carbons (Fsp3) is 1.00. The van der Waals surface area contributed by atoms with Crippen LogP contribution in [0, 0.1) is 11.8 Å². The highest BCUT2D eigenvalue weighted by atomic mass is 32.2. The van der Waals surface area contributed by atoms with Crippen molar-refractivity contribution >= 4 is 10.0 Å². The van der Waals surface area contributed by atoms with E-state index in [1.54, 1.807) is 6.92 Å². The maximum Gasteiger partial charge on any atom is 0.215 e. The highest BCUT2D eigenvalue weighted by molar-refractivity contribution is 7.90. The van der Waals surface area contributed by atoms with Crippen molar-refractivity contribution in [3.63, 3.8) is 0 Å². The molecule has 0 heterocycles. The van der Waals surface area contributed by atoms with Gasteiger partial charge >= 0.3 is 0 Å². The standard InChI is InChI=1S/C11H24N2O2S/c1-9-4-3-5-11(6-9)8-13-16(14,15)10(2)7-12/h9-11,13H,3-8,12H2,1-2H3. The Hall–Kier alpha value is -0.130. The first-order valence-corrected chi connectivity index (χ1v) is 7.69. The predicted molar refractivity (Wildman–Crippen MR) is 66.6 cm³/mol. The van der Waals surface area contributed by atoms with Crippen LogP contribution < -0.4 is 10.5 Å². The van der Waals surface area contributed by atoms with Crippen molar-refractivity contribution < 1.29 is 8.42 Å². The molecule has 0 spiro atoms. The van der Waals surface area contributed by atoms with E-state index in [4.69, 9.17) is 5.73 Å². The summed E-state index contributed by atoms with van der Waals surface area (Å²) in [5, 5.41) is -0.492. The van der Waals surface area contributed by atoms with E-state index < -0.39 is 15.3 Å². The average molecular weight is 248 g/mol. The first-order valence-electron chi connectivity index (χ1n) is 6.14. The largest absolute Gasteiger partial charge is 0.329 e. The van der Waals surface area contributed by atoms with Crippen LogP contribution >= 0.6 is 0 Å². The normalized spacial score (nSPS) is 28.9. The molecular weight excluding hydrogens is 224 g/mol. The topological polar surface area (TPSA) is 72.2 Å². The van der Waals surface area contributed by atoms with E-state index in [1.807, 2.05) is 0 Å². The van der Waals surface area contributed by atoms with E-state index in [1.165, 1.54) is 12.8 Å². The van der Waals surface area contributed by atoms with Crippen molar-refractivity contribution in [2.75, 3.05) is 13.1 Å². The Kier molecular flexibility index (Phi) is 5.21. The van der Waals surface area contributed by atoms with Crippen molar-refractivity contribution in [3.8, 4) is 0 Å². The van der Waals surface area contributed by atoms with Crippen LogP contribution in [0.2, 0.25) is 0 Å². The smallest absolute Gasteiger partial charge is 0.215 e. The third-order valence-electron chi connectivity index (χ3n) is 3.48. The lowest BCUT2D eigenvalue weighted by molar-refractivity contribution is 0.283. The Morgan fingerprint density at radius 1 is 1.44 bits per heavy atom. The lowest BCUT2D eigenvalue weighted by atomic mass is 9.83. The fourth-order valence-electron chi connectivity index (χ4n) is 2.25. The second-order valence-electron chi connectivity index (χ2n) is 5.08. The maximum atomic E-state index is 11.7. The van der Waals surface area contributed by atoms with Crippen molar-refractivity contribution in [1.82, 2.24) is 4.72 Å². The monoisotopic (exact) mass is 248 g/mol. The molecule has 16 heavy (non-hydrogen) atoms. The van der Waals surface area contributed by atoms with Crippen LogP contribution in [-0.4, -0.2) is 26.8 Å². The molecule has 4 nitrogen and oxygen atoms in total. The predicted octanol–water partition coefficient (Wildman–Crippen LogP) is 1.08. The first kappa shape index (κ1) is 13.9. The highest BCUT2D eigenvalue weighted by Crippen LogP contribution is 2.28. The zero-order chi connectivity index (χ0) is 12.2. The summed E-state index contributed by atoms with van der Waals surface area (Å²) in [6.45, 7) is 4.64. The molecule has 1 saturated carbocycles. The lowest BCUT2D eigenvalue weighted by Gasteiger charge is -2.27. The molecule has 0 aromatic rings. The highest BCUT2D eigenvalue weighted by Gasteiger charge is 2.23. The average Bonchev–Trinajstić information content (AvgIpc) is 2.25. The molecule has 0 amide bonds. The minimum Gasteiger partial charge on any atom is -0.329 e. The van der Waals surface area contributed by atoms with Crippen LogP contribution in [0.1, 0.15) is 39.5 Å². The molecule has 1 aliphatic rings. The molecule has 0 aromatic carbocycles. The quantitative estimate of drug-likeness (QED) is 0.764. The Balaban J connectivity index is 2.39. The minimum absolute atomic E-state index is 0.177. The van der Waals surface area contributed by atoms with E-state index in [0.29, 0.717) is 12.5 Å². The first-order chi connectivity index (χ1) is 7.45. The molecule has 1 fully saturated rings. The Bertz CT molecular complexity index is 303. The van der Waals surface area contributed by atoms with Crippen LogP contribution in [-0.2, 0) is 10.0 Å². The van der Waals surface area contributed by atoms with Gasteiger partial charge in [-0.2, -0.15) is 0 Å². The van der Waals surface area contributed by atoms with Crippen molar-refractivity contribution in [2.24, 2.45) is 17.6 Å². The molecule has 0 bridgehead atoms. The molecule has 0 aromatic heterocycles. The summed E-state index contributed by atoms with van der Waals surface area (Å²) in [6, 6.07) is 0. The summed E-state index contributed by atoms with van der Waals surface area (Å²) in [5.74, 6) is 1.23. The summed E-state index contributed by atoms with van der Waals surface area (Å²) in [6.07, 6.45) is 4.78. The summed E-state index contributed by atoms with van der Waals surface area (Å²) in [4.78, 5) is 0. The fourth-order valence-corrected chi connectivity index (χ4v) is 3.25. The van der Waals surface area contributed by atoms with Crippen LogP contribution in [0.5, 0.6) is 0 Å². The molecule has 5 heteroatoms. The van der Waals surface area contributed by atoms with Crippen LogP contribution in [0.25, 0.3) is 0 Å². The zero-order valence-electron chi connectivity index (χ0n) is 10.3. The van der Waals surface area contributed by atoms with Gasteiger partial charge in [-0.25, -0.2) is 13.1 Å². The Morgan fingerprint density at radius 2 is 2.12 bits per heavy atom. The molecule has 96 valence electrons. The SMILES string of the molecule is CC1CCCC(CNS(=O)(=O)C(C)CN)C1. The molecule has 0 saturated heterocycles. The molecule has 1 aliphatic carbocycles. The van der Waals surface area contributed by atoms with Gasteiger partial charge in [-0.05, 0) is 31.6 Å². The number of rotatable bonds is 5. The van der Waals surface area contributed by atoms with Gasteiger partial charge in [0.15, 0.2) is 0 Å². The summed E-state index contributed by atoms with van der Waals surface area (Å²) < 4.78 is 26.1. The summed E-state index contributed by atoms with van der Waals surface area (Å²) in [5.41, 5.74) is 5.37. The van der Waals surface area contributed by atoms with E-state index in [2.05, 4.69) is 11.6 Å². The molecule has 0 aliphatic heterocycles. The molecule has 1 rings (SSSR count). The van der Waals surface area contributed by atoms with Gasteiger partial charge in [-0.15, -0.1) is 0 Å². The van der Waals surface area contributed by atoms with Crippen LogP contribution in [0.4, 0.5) is 0 Å². The number of hydrogen-bond acceptors (Lipinski definition) is 3. The molecular formula is C11H24N2O2S. The number of sulfonamides is 1. The Morgan fingerprint density at radius 3 is 2.69 bits per heavy atom. The second-order valence-corrected chi connectivity index (χ2v) is 7.26. The molecule has 3 N–H and O–H groups in total. The van der Waals surface area contributed by atoms with Crippen LogP contribution in [0.15, 0.2) is 0 Å². The van der Waals surface area contributed by atoms with E-state index >= 15 is 0 Å². The second kappa shape index (κ2) is 5.98. The maximum absolute atomic E-state index is 11.7. The van der Waals surface area contributed by atoms with E-state index in [0.717, 1.165) is 18.8 Å². The van der Waals surface area contributed by atoms with Gasteiger partial charge in [0.2, 0.25) is 10.0 Å². The van der Waals surface area contributed by atoms with Crippen molar-refractivity contribution in [3.05, 3.63) is 0 Å². The zero-order valence-corrected chi connectivity index (χ0v) is 11.1. The van der Waals surface area contributed by atoms with Gasteiger partial charge in [0.25, 0.3) is 0 Å². The molecule has 3 unspecified atom stereocenters. The van der Waals surface area contributed by atoms with Crippen molar-refractivity contribution in [1.29, 1.82) is 0 Å². The summed E-state index contributed by atoms with van der Waals surface area (Å²) in [7, 11) is -3.20. The van der Waals surface area contributed by atoms with Gasteiger partial charge in [0.05, 0.1) is 5.25 Å². The minimum atomic E-state index is -3.20. The van der Waals surface area contributed by atoms with Gasteiger partial charge in [-0.1, -0.05) is 19.8 Å². The third kappa shape index (κ3) is 4.03. The summed E-state index contributed by atoms with van der Waals surface area (Å²) >= 11 is 0. The third-order valence-corrected chi connectivity index (χ3v) is 5.30.